The van der Waals surface area contributed by atoms with Crippen LogP contribution in [0.5, 0.6) is 0 Å². The monoisotopic (exact) mass is 355 g/mol. The second-order valence-electron chi connectivity index (χ2n) is 5.95. The molecule has 3 rings (SSSR count). The van der Waals surface area contributed by atoms with Crippen molar-refractivity contribution in [2.75, 3.05) is 13.1 Å². The fourth-order valence-electron chi connectivity index (χ4n) is 2.91. The second kappa shape index (κ2) is 8.45. The summed E-state index contributed by atoms with van der Waals surface area (Å²) in [5.74, 6) is 0.117. The van der Waals surface area contributed by atoms with E-state index >= 15 is 0 Å². The van der Waals surface area contributed by atoms with E-state index < -0.39 is 0 Å². The van der Waals surface area contributed by atoms with Gasteiger partial charge in [-0.05, 0) is 24.8 Å². The molecule has 2 aromatic carbocycles. The van der Waals surface area contributed by atoms with Crippen molar-refractivity contribution in [1.29, 1.82) is 0 Å². The highest BCUT2D eigenvalue weighted by Crippen LogP contribution is 2.35. The molecule has 24 heavy (non-hydrogen) atoms. The van der Waals surface area contributed by atoms with Gasteiger partial charge < -0.3 is 4.90 Å². The Kier molecular flexibility index (Phi) is 6.05. The van der Waals surface area contributed by atoms with Gasteiger partial charge in [0.1, 0.15) is 4.32 Å². The maximum absolute atomic E-state index is 13.1. The summed E-state index contributed by atoms with van der Waals surface area (Å²) in [6.45, 7) is 2.01. The topological polar surface area (TPSA) is 20.3 Å². The number of piperidine rings is 1. The number of benzene rings is 2. The standard InChI is InChI=1S/C20H21NOS2/c22-18(16-10-4-1-5-11-16)19(17-12-6-2-7-13-17)24-20(23)21-14-8-3-9-15-21/h1-2,4-7,10-13,19H,3,8-9,14-15H2. The molecule has 0 N–H and O–H groups in total. The van der Waals surface area contributed by atoms with Crippen LogP contribution in [0.3, 0.4) is 0 Å². The fourth-order valence-corrected chi connectivity index (χ4v) is 4.45. The van der Waals surface area contributed by atoms with E-state index in [1.54, 1.807) is 0 Å². The van der Waals surface area contributed by atoms with E-state index in [0.29, 0.717) is 0 Å². The molecule has 4 heteroatoms. The number of Topliss-reactive ketones (excluding diaryl/α,β-unsaturated/α-hetero) is 1. The van der Waals surface area contributed by atoms with E-state index in [-0.39, 0.29) is 11.0 Å². The van der Waals surface area contributed by atoms with E-state index in [0.717, 1.165) is 28.5 Å². The van der Waals surface area contributed by atoms with Crippen LogP contribution in [0.4, 0.5) is 0 Å². The molecule has 0 radical (unpaired) electrons. The molecular weight excluding hydrogens is 334 g/mol. The number of carbonyl (C=O) groups is 1. The molecule has 0 aromatic heterocycles. The smallest absolute Gasteiger partial charge is 0.180 e. The lowest BCUT2D eigenvalue weighted by Crippen LogP contribution is -2.33. The zero-order valence-electron chi connectivity index (χ0n) is 13.6. The normalized spacial score (nSPS) is 15.8. The van der Waals surface area contributed by atoms with Crippen LogP contribution in [0.2, 0.25) is 0 Å². The molecule has 1 fully saturated rings. The van der Waals surface area contributed by atoms with Crippen molar-refractivity contribution < 1.29 is 4.79 Å². The lowest BCUT2D eigenvalue weighted by atomic mass is 10.0. The van der Waals surface area contributed by atoms with Crippen LogP contribution in [-0.4, -0.2) is 28.1 Å². The zero-order valence-corrected chi connectivity index (χ0v) is 15.2. The molecule has 2 aromatic rings. The first-order chi connectivity index (χ1) is 11.8. The van der Waals surface area contributed by atoms with Crippen molar-refractivity contribution in [3.8, 4) is 0 Å². The van der Waals surface area contributed by atoms with Gasteiger partial charge in [0.2, 0.25) is 0 Å². The van der Waals surface area contributed by atoms with Gasteiger partial charge in [-0.2, -0.15) is 0 Å². The maximum Gasteiger partial charge on any atom is 0.180 e. The highest BCUT2D eigenvalue weighted by molar-refractivity contribution is 8.23. The van der Waals surface area contributed by atoms with Gasteiger partial charge in [-0.15, -0.1) is 0 Å². The molecule has 1 aliphatic rings. The minimum Gasteiger partial charge on any atom is -0.357 e. The molecule has 124 valence electrons. The largest absolute Gasteiger partial charge is 0.357 e. The molecule has 0 saturated carbocycles. The van der Waals surface area contributed by atoms with Crippen LogP contribution in [-0.2, 0) is 0 Å². The van der Waals surface area contributed by atoms with Crippen LogP contribution >= 0.6 is 24.0 Å². The minimum absolute atomic E-state index is 0.117. The third kappa shape index (κ3) is 4.25. The predicted octanol–water partition coefficient (Wildman–Crippen LogP) is 5.11. The lowest BCUT2D eigenvalue weighted by molar-refractivity contribution is 0.0989. The van der Waals surface area contributed by atoms with Crippen molar-refractivity contribution >= 4 is 34.1 Å². The molecule has 1 heterocycles. The van der Waals surface area contributed by atoms with Gasteiger partial charge in [0.15, 0.2) is 5.78 Å². The Morgan fingerprint density at radius 1 is 0.917 bits per heavy atom. The molecular formula is C20H21NOS2. The molecule has 1 atom stereocenters. The fraction of sp³-hybridized carbons (Fsp3) is 0.300. The molecule has 1 unspecified atom stereocenters. The number of likely N-dealkylation sites (tertiary alicyclic amines) is 1. The minimum atomic E-state index is -0.289. The van der Waals surface area contributed by atoms with Gasteiger partial charge >= 0.3 is 0 Å². The average molecular weight is 356 g/mol. The highest BCUT2D eigenvalue weighted by Gasteiger charge is 2.26. The van der Waals surface area contributed by atoms with Crippen LogP contribution in [0.15, 0.2) is 60.7 Å². The second-order valence-corrected chi connectivity index (χ2v) is 7.69. The first-order valence-electron chi connectivity index (χ1n) is 8.35. The molecule has 0 aliphatic carbocycles. The molecule has 0 amide bonds. The van der Waals surface area contributed by atoms with Gasteiger partial charge in [-0.25, -0.2) is 0 Å². The van der Waals surface area contributed by atoms with E-state index in [1.807, 2.05) is 60.7 Å². The lowest BCUT2D eigenvalue weighted by Gasteiger charge is -2.30. The van der Waals surface area contributed by atoms with Crippen molar-refractivity contribution in [3.63, 3.8) is 0 Å². The number of thioether (sulfide) groups is 1. The van der Waals surface area contributed by atoms with E-state index in [4.69, 9.17) is 12.2 Å². The summed E-state index contributed by atoms with van der Waals surface area (Å²) in [6, 6.07) is 19.4. The number of carbonyl (C=O) groups excluding carboxylic acids is 1. The molecule has 2 nitrogen and oxygen atoms in total. The molecule has 1 aliphatic heterocycles. The van der Waals surface area contributed by atoms with E-state index in [9.17, 15) is 4.79 Å². The number of nitrogens with zero attached hydrogens (tertiary/aromatic N) is 1. The van der Waals surface area contributed by atoms with Gasteiger partial charge in [-0.3, -0.25) is 4.79 Å². The summed E-state index contributed by atoms with van der Waals surface area (Å²) in [5.41, 5.74) is 1.75. The summed E-state index contributed by atoms with van der Waals surface area (Å²) >= 11 is 7.17. The Balaban J connectivity index is 1.82. The van der Waals surface area contributed by atoms with Gasteiger partial charge in [0.05, 0.1) is 5.25 Å². The van der Waals surface area contributed by atoms with Crippen molar-refractivity contribution in [3.05, 3.63) is 71.8 Å². The quantitative estimate of drug-likeness (QED) is 0.560. The van der Waals surface area contributed by atoms with Gasteiger partial charge in [0, 0.05) is 18.7 Å². The summed E-state index contributed by atoms with van der Waals surface area (Å²) in [7, 11) is 0. The van der Waals surface area contributed by atoms with Gasteiger partial charge in [-0.1, -0.05) is 84.6 Å². The SMILES string of the molecule is O=C(c1ccccc1)C(SC(=S)N1CCCCC1)c1ccccc1. The zero-order chi connectivity index (χ0) is 16.8. The van der Waals surface area contributed by atoms with Gasteiger partial charge in [0.25, 0.3) is 0 Å². The first-order valence-corrected chi connectivity index (χ1v) is 9.64. The number of thiocarbonyl (C=S) groups is 1. The maximum atomic E-state index is 13.1. The summed E-state index contributed by atoms with van der Waals surface area (Å²) in [4.78, 5) is 15.3. The van der Waals surface area contributed by atoms with E-state index in [1.165, 1.54) is 31.0 Å². The molecule has 0 spiro atoms. The van der Waals surface area contributed by atoms with Crippen LogP contribution in [0.25, 0.3) is 0 Å². The number of hydrogen-bond acceptors (Lipinski definition) is 3. The third-order valence-electron chi connectivity index (χ3n) is 4.23. The predicted molar refractivity (Wildman–Crippen MR) is 106 cm³/mol. The van der Waals surface area contributed by atoms with Crippen molar-refractivity contribution in [1.82, 2.24) is 4.90 Å². The first kappa shape index (κ1) is 17.2. The molecule has 1 saturated heterocycles. The Morgan fingerprint density at radius 3 is 2.12 bits per heavy atom. The summed E-state index contributed by atoms with van der Waals surface area (Å²) in [5, 5.41) is -0.289. The van der Waals surface area contributed by atoms with Crippen LogP contribution in [0, 0.1) is 0 Å². The summed E-state index contributed by atoms with van der Waals surface area (Å²) in [6.07, 6.45) is 3.64. The number of ketones is 1. The van der Waals surface area contributed by atoms with Crippen molar-refractivity contribution in [2.45, 2.75) is 24.5 Å². The Bertz CT molecular complexity index is 681. The average Bonchev–Trinajstić information content (AvgIpc) is 2.67. The Morgan fingerprint density at radius 2 is 1.50 bits per heavy atom. The highest BCUT2D eigenvalue weighted by atomic mass is 32.2. The summed E-state index contributed by atoms with van der Waals surface area (Å²) < 4.78 is 0.841. The number of hydrogen-bond donors (Lipinski definition) is 0. The van der Waals surface area contributed by atoms with Crippen molar-refractivity contribution in [2.24, 2.45) is 0 Å². The van der Waals surface area contributed by atoms with Crippen LogP contribution in [0.1, 0.15) is 40.4 Å². The third-order valence-corrected chi connectivity index (χ3v) is 5.96. The number of rotatable bonds is 4. The Labute approximate surface area is 153 Å². The van der Waals surface area contributed by atoms with E-state index in [2.05, 4.69) is 4.90 Å². The Hall–Kier alpha value is -1.65. The molecule has 0 bridgehead atoms. The van der Waals surface area contributed by atoms with Crippen LogP contribution < -0.4 is 0 Å².